The van der Waals surface area contributed by atoms with Crippen molar-refractivity contribution in [3.05, 3.63) is 56.8 Å². The number of methoxy groups -OCH3 is 1. The Morgan fingerprint density at radius 2 is 2.00 bits per heavy atom. The number of ether oxygens (including phenoxy) is 2. The van der Waals surface area contributed by atoms with Crippen molar-refractivity contribution in [2.45, 2.75) is 12.5 Å². The minimum Gasteiger partial charge on any atom is -0.493 e. The zero-order valence-corrected chi connectivity index (χ0v) is 14.2. The second-order valence-corrected chi connectivity index (χ2v) is 5.80. The molecule has 0 saturated heterocycles. The van der Waals surface area contributed by atoms with Crippen LogP contribution in [-0.2, 0) is 12.5 Å². The fourth-order valence-corrected chi connectivity index (χ4v) is 2.69. The minimum atomic E-state index is -0.312. The lowest BCUT2D eigenvalue weighted by Gasteiger charge is -2.14. The number of hydrogen-bond donors (Lipinski definition) is 0. The molecule has 2 nitrogen and oxygen atoms in total. The molecule has 6 heteroatoms. The van der Waals surface area contributed by atoms with E-state index in [1.54, 1.807) is 18.2 Å². The van der Waals surface area contributed by atoms with Gasteiger partial charge in [-0.2, -0.15) is 0 Å². The molecule has 2 aromatic carbocycles. The van der Waals surface area contributed by atoms with Crippen LogP contribution < -0.4 is 9.47 Å². The van der Waals surface area contributed by atoms with Crippen molar-refractivity contribution < 1.29 is 13.9 Å². The third kappa shape index (κ3) is 4.02. The molecular formula is C15H12BrCl2FO2. The van der Waals surface area contributed by atoms with Crippen LogP contribution in [0.15, 0.2) is 34.8 Å². The molecule has 0 saturated carbocycles. The van der Waals surface area contributed by atoms with Crippen LogP contribution in [0.25, 0.3) is 0 Å². The molecule has 0 fully saturated rings. The third-order valence-electron chi connectivity index (χ3n) is 2.83. The molecule has 0 spiro atoms. The molecule has 112 valence electrons. The largest absolute Gasteiger partial charge is 0.493 e. The van der Waals surface area contributed by atoms with Crippen LogP contribution in [-0.4, -0.2) is 7.11 Å². The topological polar surface area (TPSA) is 18.5 Å². The summed E-state index contributed by atoms with van der Waals surface area (Å²) in [5.74, 6) is 0.966. The lowest BCUT2D eigenvalue weighted by molar-refractivity contribution is 0.284. The summed E-state index contributed by atoms with van der Waals surface area (Å²) in [4.78, 5) is 0. The first-order chi connectivity index (χ1) is 10.0. The van der Waals surface area contributed by atoms with Crippen molar-refractivity contribution >= 4 is 39.1 Å². The highest BCUT2D eigenvalue weighted by atomic mass is 79.9. The van der Waals surface area contributed by atoms with Crippen LogP contribution in [0.4, 0.5) is 4.39 Å². The van der Waals surface area contributed by atoms with Crippen LogP contribution >= 0.6 is 39.1 Å². The molecular weight excluding hydrogens is 382 g/mol. The first-order valence-corrected chi connectivity index (χ1v) is 7.74. The number of halogens is 4. The maximum Gasteiger partial charge on any atom is 0.180 e. The zero-order valence-electron chi connectivity index (χ0n) is 11.1. The van der Waals surface area contributed by atoms with Crippen molar-refractivity contribution in [1.29, 1.82) is 0 Å². The van der Waals surface area contributed by atoms with E-state index in [-0.39, 0.29) is 12.4 Å². The molecule has 0 aromatic heterocycles. The normalized spacial score (nSPS) is 10.5. The molecule has 0 aliphatic carbocycles. The Bertz CT molecular complexity index is 650. The first kappa shape index (κ1) is 16.4. The summed E-state index contributed by atoms with van der Waals surface area (Å²) in [7, 11) is 1.53. The van der Waals surface area contributed by atoms with Crippen LogP contribution in [0.3, 0.4) is 0 Å². The SMILES string of the molecule is COc1cc(CCl)cc(Cl)c1OCc1ccc(F)cc1Br. The standard InChI is InChI=1S/C15H12BrCl2FO2/c1-20-14-5-9(7-17)4-13(18)15(14)21-8-10-2-3-11(19)6-12(10)16/h2-6H,7-8H2,1H3. The molecule has 0 unspecified atom stereocenters. The molecule has 2 rings (SSSR count). The van der Waals surface area contributed by atoms with Gasteiger partial charge in [0.1, 0.15) is 12.4 Å². The maximum absolute atomic E-state index is 13.1. The summed E-state index contributed by atoms with van der Waals surface area (Å²) in [6.45, 7) is 0.233. The molecule has 0 N–H and O–H groups in total. The quantitative estimate of drug-likeness (QED) is 0.618. The summed E-state index contributed by atoms with van der Waals surface area (Å²) >= 11 is 15.3. The molecule has 0 aliphatic heterocycles. The van der Waals surface area contributed by atoms with Gasteiger partial charge in [0.15, 0.2) is 11.5 Å². The van der Waals surface area contributed by atoms with Crippen LogP contribution in [0.2, 0.25) is 5.02 Å². The molecule has 21 heavy (non-hydrogen) atoms. The molecule has 0 atom stereocenters. The Morgan fingerprint density at radius 3 is 2.62 bits per heavy atom. The summed E-state index contributed by atoms with van der Waals surface area (Å²) < 4.78 is 24.7. The average molecular weight is 394 g/mol. The average Bonchev–Trinajstić information content (AvgIpc) is 2.46. The molecule has 0 amide bonds. The highest BCUT2D eigenvalue weighted by Crippen LogP contribution is 2.37. The van der Waals surface area contributed by atoms with Crippen LogP contribution in [0.1, 0.15) is 11.1 Å². The molecule has 0 aliphatic rings. The van der Waals surface area contributed by atoms with Gasteiger partial charge in [0, 0.05) is 15.9 Å². The van der Waals surface area contributed by atoms with Crippen LogP contribution in [0, 0.1) is 5.82 Å². The van der Waals surface area contributed by atoms with E-state index in [1.165, 1.54) is 19.2 Å². The number of benzene rings is 2. The van der Waals surface area contributed by atoms with Gasteiger partial charge in [-0.1, -0.05) is 33.6 Å². The first-order valence-electron chi connectivity index (χ1n) is 6.04. The Kier molecular flexibility index (Phi) is 5.73. The van der Waals surface area contributed by atoms with Gasteiger partial charge < -0.3 is 9.47 Å². The van der Waals surface area contributed by atoms with E-state index < -0.39 is 0 Å². The van der Waals surface area contributed by atoms with E-state index in [2.05, 4.69) is 15.9 Å². The zero-order chi connectivity index (χ0) is 15.4. The van der Waals surface area contributed by atoms with Gasteiger partial charge in [-0.25, -0.2) is 4.39 Å². The molecule has 2 aromatic rings. The minimum absolute atomic E-state index is 0.233. The Labute approximate surface area is 140 Å². The van der Waals surface area contributed by atoms with Gasteiger partial charge in [0.25, 0.3) is 0 Å². The Balaban J connectivity index is 2.23. The fourth-order valence-electron chi connectivity index (χ4n) is 1.78. The van der Waals surface area contributed by atoms with E-state index in [0.29, 0.717) is 26.9 Å². The van der Waals surface area contributed by atoms with E-state index >= 15 is 0 Å². The van der Waals surface area contributed by atoms with E-state index in [4.69, 9.17) is 32.7 Å². The highest BCUT2D eigenvalue weighted by Gasteiger charge is 2.13. The van der Waals surface area contributed by atoms with Gasteiger partial charge >= 0.3 is 0 Å². The molecule has 0 radical (unpaired) electrons. The van der Waals surface area contributed by atoms with Crippen molar-refractivity contribution in [2.75, 3.05) is 7.11 Å². The van der Waals surface area contributed by atoms with E-state index in [9.17, 15) is 4.39 Å². The summed E-state index contributed by atoms with van der Waals surface area (Å²) in [6, 6.07) is 7.90. The highest BCUT2D eigenvalue weighted by molar-refractivity contribution is 9.10. The lowest BCUT2D eigenvalue weighted by Crippen LogP contribution is -2.00. The Hall–Kier alpha value is -0.970. The lowest BCUT2D eigenvalue weighted by atomic mass is 10.2. The summed E-state index contributed by atoms with van der Waals surface area (Å²) in [5.41, 5.74) is 1.64. The molecule has 0 bridgehead atoms. The van der Waals surface area contributed by atoms with Gasteiger partial charge in [-0.05, 0) is 29.8 Å². The number of alkyl halides is 1. The number of rotatable bonds is 5. The molecule has 0 heterocycles. The fraction of sp³-hybridized carbons (Fsp3) is 0.200. The summed E-state index contributed by atoms with van der Waals surface area (Å²) in [6.07, 6.45) is 0. The third-order valence-corrected chi connectivity index (χ3v) is 4.16. The smallest absolute Gasteiger partial charge is 0.180 e. The van der Waals surface area contributed by atoms with Crippen molar-refractivity contribution in [3.8, 4) is 11.5 Å². The van der Waals surface area contributed by atoms with Gasteiger partial charge in [-0.15, -0.1) is 11.6 Å². The predicted molar refractivity (Wildman–Crippen MR) is 86.0 cm³/mol. The number of hydrogen-bond acceptors (Lipinski definition) is 2. The Morgan fingerprint density at radius 1 is 1.24 bits per heavy atom. The monoisotopic (exact) mass is 392 g/mol. The second-order valence-electron chi connectivity index (χ2n) is 4.27. The van der Waals surface area contributed by atoms with Gasteiger partial charge in [-0.3, -0.25) is 0 Å². The van der Waals surface area contributed by atoms with E-state index in [0.717, 1.165) is 11.1 Å². The summed E-state index contributed by atoms with van der Waals surface area (Å²) in [5, 5.41) is 0.420. The van der Waals surface area contributed by atoms with Gasteiger partial charge in [0.05, 0.1) is 12.1 Å². The van der Waals surface area contributed by atoms with E-state index in [1.807, 2.05) is 0 Å². The predicted octanol–water partition coefficient (Wildman–Crippen LogP) is 5.57. The van der Waals surface area contributed by atoms with Crippen molar-refractivity contribution in [1.82, 2.24) is 0 Å². The van der Waals surface area contributed by atoms with Crippen molar-refractivity contribution in [2.24, 2.45) is 0 Å². The second kappa shape index (κ2) is 7.34. The van der Waals surface area contributed by atoms with Crippen LogP contribution in [0.5, 0.6) is 11.5 Å². The van der Waals surface area contributed by atoms with Gasteiger partial charge in [0.2, 0.25) is 0 Å². The maximum atomic E-state index is 13.1. The van der Waals surface area contributed by atoms with Crippen molar-refractivity contribution in [3.63, 3.8) is 0 Å².